The lowest BCUT2D eigenvalue weighted by Crippen LogP contribution is -2.26. The van der Waals surface area contributed by atoms with Gasteiger partial charge in [0.25, 0.3) is 0 Å². The van der Waals surface area contributed by atoms with Crippen LogP contribution in [0.5, 0.6) is 0 Å². The second-order valence-electron chi connectivity index (χ2n) is 6.00. The van der Waals surface area contributed by atoms with Crippen molar-refractivity contribution >= 4 is 28.6 Å². The standard InChI is InChI=1S/C20H24ClN3OS/c1-3-23(4-2)12-6-13-24-18(19-7-5-14-25-19)15-26-20(24)22-17-10-8-16(21)9-11-17/h5,7-11,14-15H,3-4,6,12-13H2,1-2H3. The highest BCUT2D eigenvalue weighted by atomic mass is 35.5. The van der Waals surface area contributed by atoms with E-state index in [1.54, 1.807) is 17.6 Å². The van der Waals surface area contributed by atoms with Gasteiger partial charge in [0, 0.05) is 16.9 Å². The predicted molar refractivity (Wildman–Crippen MR) is 109 cm³/mol. The van der Waals surface area contributed by atoms with Gasteiger partial charge in [-0.25, -0.2) is 4.99 Å². The second kappa shape index (κ2) is 9.21. The van der Waals surface area contributed by atoms with E-state index in [2.05, 4.69) is 28.7 Å². The highest BCUT2D eigenvalue weighted by Crippen LogP contribution is 2.22. The van der Waals surface area contributed by atoms with E-state index >= 15 is 0 Å². The normalized spacial score (nSPS) is 12.2. The Morgan fingerprint density at radius 2 is 1.92 bits per heavy atom. The zero-order valence-electron chi connectivity index (χ0n) is 15.2. The van der Waals surface area contributed by atoms with Crippen molar-refractivity contribution < 1.29 is 4.42 Å². The molecule has 0 amide bonds. The molecule has 3 rings (SSSR count). The molecule has 1 aromatic carbocycles. The summed E-state index contributed by atoms with van der Waals surface area (Å²) in [5.41, 5.74) is 1.98. The van der Waals surface area contributed by atoms with Crippen molar-refractivity contribution in [2.24, 2.45) is 4.99 Å². The zero-order valence-corrected chi connectivity index (χ0v) is 16.8. The third kappa shape index (κ3) is 4.67. The molecule has 2 heterocycles. The van der Waals surface area contributed by atoms with Crippen LogP contribution < -0.4 is 4.80 Å². The molecule has 0 fully saturated rings. The van der Waals surface area contributed by atoms with E-state index in [0.717, 1.165) is 59.6 Å². The lowest BCUT2D eigenvalue weighted by atomic mass is 10.3. The Bertz CT molecular complexity index is 861. The summed E-state index contributed by atoms with van der Waals surface area (Å²) in [6.07, 6.45) is 2.78. The Morgan fingerprint density at radius 1 is 1.15 bits per heavy atom. The molecule has 138 valence electrons. The van der Waals surface area contributed by atoms with Crippen molar-refractivity contribution in [2.75, 3.05) is 19.6 Å². The molecular formula is C20H24ClN3OS. The largest absolute Gasteiger partial charge is 0.463 e. The number of aromatic nitrogens is 1. The van der Waals surface area contributed by atoms with Crippen molar-refractivity contribution in [3.63, 3.8) is 0 Å². The highest BCUT2D eigenvalue weighted by molar-refractivity contribution is 7.07. The van der Waals surface area contributed by atoms with Gasteiger partial charge in [-0.3, -0.25) is 0 Å². The number of furan rings is 1. The molecule has 6 heteroatoms. The van der Waals surface area contributed by atoms with Crippen LogP contribution in [0, 0.1) is 0 Å². The molecule has 4 nitrogen and oxygen atoms in total. The minimum Gasteiger partial charge on any atom is -0.463 e. The number of halogens is 1. The maximum atomic E-state index is 5.98. The summed E-state index contributed by atoms with van der Waals surface area (Å²) in [6, 6.07) is 11.5. The number of hydrogen-bond acceptors (Lipinski definition) is 4. The lowest BCUT2D eigenvalue weighted by molar-refractivity contribution is 0.293. The van der Waals surface area contributed by atoms with Gasteiger partial charge in [-0.2, -0.15) is 0 Å². The first kappa shape index (κ1) is 19.0. The second-order valence-corrected chi connectivity index (χ2v) is 7.27. The van der Waals surface area contributed by atoms with E-state index in [1.807, 2.05) is 36.4 Å². The van der Waals surface area contributed by atoms with Crippen LogP contribution in [0.15, 0.2) is 57.5 Å². The molecule has 3 aromatic rings. The summed E-state index contributed by atoms with van der Waals surface area (Å²) in [5.74, 6) is 0.877. The highest BCUT2D eigenvalue weighted by Gasteiger charge is 2.11. The molecule has 0 bridgehead atoms. The van der Waals surface area contributed by atoms with Gasteiger partial charge in [0.05, 0.1) is 17.6 Å². The molecule has 0 atom stereocenters. The molecule has 0 saturated carbocycles. The maximum Gasteiger partial charge on any atom is 0.190 e. The minimum atomic E-state index is 0.721. The van der Waals surface area contributed by atoms with Crippen molar-refractivity contribution in [2.45, 2.75) is 26.8 Å². The molecule has 0 unspecified atom stereocenters. The molecule has 0 aliphatic carbocycles. The third-order valence-electron chi connectivity index (χ3n) is 4.37. The quantitative estimate of drug-likeness (QED) is 0.514. The molecule has 0 spiro atoms. The van der Waals surface area contributed by atoms with E-state index < -0.39 is 0 Å². The average molecular weight is 390 g/mol. The number of hydrogen-bond donors (Lipinski definition) is 0. The zero-order chi connectivity index (χ0) is 18.4. The number of benzene rings is 1. The summed E-state index contributed by atoms with van der Waals surface area (Å²) < 4.78 is 7.88. The van der Waals surface area contributed by atoms with Crippen LogP contribution in [-0.2, 0) is 6.54 Å². The van der Waals surface area contributed by atoms with E-state index in [0.29, 0.717) is 0 Å². The van der Waals surface area contributed by atoms with Crippen LogP contribution in [0.2, 0.25) is 5.02 Å². The van der Waals surface area contributed by atoms with Gasteiger partial charge in [-0.15, -0.1) is 11.3 Å². The molecular weight excluding hydrogens is 366 g/mol. The summed E-state index contributed by atoms with van der Waals surface area (Å²) in [5, 5.41) is 2.84. The Hall–Kier alpha value is -1.82. The maximum absolute atomic E-state index is 5.98. The van der Waals surface area contributed by atoms with Crippen LogP contribution in [0.3, 0.4) is 0 Å². The Balaban J connectivity index is 1.90. The molecule has 0 N–H and O–H groups in total. The van der Waals surface area contributed by atoms with Gasteiger partial charge in [0.15, 0.2) is 10.6 Å². The number of nitrogens with zero attached hydrogens (tertiary/aromatic N) is 3. The van der Waals surface area contributed by atoms with Gasteiger partial charge in [-0.05, 0) is 62.5 Å². The molecule has 0 aliphatic heterocycles. The fraction of sp³-hybridized carbons (Fsp3) is 0.350. The molecule has 2 aromatic heterocycles. The van der Waals surface area contributed by atoms with E-state index in [4.69, 9.17) is 21.0 Å². The van der Waals surface area contributed by atoms with Crippen LogP contribution in [0.25, 0.3) is 11.5 Å². The Labute approximate surface area is 163 Å². The lowest BCUT2D eigenvalue weighted by Gasteiger charge is -2.18. The van der Waals surface area contributed by atoms with E-state index in [9.17, 15) is 0 Å². The molecule has 0 saturated heterocycles. The molecule has 0 radical (unpaired) electrons. The van der Waals surface area contributed by atoms with Crippen molar-refractivity contribution in [1.29, 1.82) is 0 Å². The fourth-order valence-corrected chi connectivity index (χ4v) is 3.94. The first-order valence-electron chi connectivity index (χ1n) is 8.96. The average Bonchev–Trinajstić information content (AvgIpc) is 3.31. The number of rotatable bonds is 8. The number of thiazole rings is 1. The van der Waals surface area contributed by atoms with Crippen molar-refractivity contribution in [1.82, 2.24) is 9.47 Å². The topological polar surface area (TPSA) is 33.7 Å². The smallest absolute Gasteiger partial charge is 0.190 e. The first-order chi connectivity index (χ1) is 12.7. The SMILES string of the molecule is CCN(CC)CCCn1c(-c2ccco2)csc1=Nc1ccc(Cl)cc1. The van der Waals surface area contributed by atoms with Gasteiger partial charge >= 0.3 is 0 Å². The van der Waals surface area contributed by atoms with Gasteiger partial charge < -0.3 is 13.9 Å². The first-order valence-corrected chi connectivity index (χ1v) is 10.2. The monoisotopic (exact) mass is 389 g/mol. The van der Waals surface area contributed by atoms with Crippen molar-refractivity contribution in [3.05, 3.63) is 57.9 Å². The summed E-state index contributed by atoms with van der Waals surface area (Å²) in [4.78, 5) is 8.23. The van der Waals surface area contributed by atoms with Crippen LogP contribution in [0.1, 0.15) is 20.3 Å². The van der Waals surface area contributed by atoms with Crippen molar-refractivity contribution in [3.8, 4) is 11.5 Å². The van der Waals surface area contributed by atoms with Gasteiger partial charge in [0.2, 0.25) is 0 Å². The van der Waals surface area contributed by atoms with Gasteiger partial charge in [0.1, 0.15) is 0 Å². The van der Waals surface area contributed by atoms with Gasteiger partial charge in [-0.1, -0.05) is 25.4 Å². The summed E-state index contributed by atoms with van der Waals surface area (Å²) in [7, 11) is 0. The summed E-state index contributed by atoms with van der Waals surface area (Å²) >= 11 is 7.62. The van der Waals surface area contributed by atoms with Crippen LogP contribution in [-0.4, -0.2) is 29.1 Å². The van der Waals surface area contributed by atoms with E-state index in [1.165, 1.54) is 0 Å². The Morgan fingerprint density at radius 3 is 2.58 bits per heavy atom. The predicted octanol–water partition coefficient (Wildman–Crippen LogP) is 5.43. The van der Waals surface area contributed by atoms with Crippen LogP contribution >= 0.6 is 22.9 Å². The van der Waals surface area contributed by atoms with E-state index in [-0.39, 0.29) is 0 Å². The Kier molecular flexibility index (Phi) is 6.72. The summed E-state index contributed by atoms with van der Waals surface area (Å²) in [6.45, 7) is 8.56. The molecule has 0 aliphatic rings. The van der Waals surface area contributed by atoms with Crippen LogP contribution in [0.4, 0.5) is 5.69 Å². The minimum absolute atomic E-state index is 0.721. The fourth-order valence-electron chi connectivity index (χ4n) is 2.88. The third-order valence-corrected chi connectivity index (χ3v) is 5.49. The molecule has 26 heavy (non-hydrogen) atoms.